The summed E-state index contributed by atoms with van der Waals surface area (Å²) in [7, 11) is 0. The van der Waals surface area contributed by atoms with Crippen LogP contribution in [0.3, 0.4) is 0 Å². The fourth-order valence-corrected chi connectivity index (χ4v) is 1.65. The van der Waals surface area contributed by atoms with E-state index in [1.165, 1.54) is 5.57 Å². The van der Waals surface area contributed by atoms with Gasteiger partial charge in [0.15, 0.2) is 0 Å². The van der Waals surface area contributed by atoms with E-state index in [1.807, 2.05) is 12.1 Å². The van der Waals surface area contributed by atoms with E-state index in [9.17, 15) is 0 Å². The van der Waals surface area contributed by atoms with Gasteiger partial charge in [-0.25, -0.2) is 0 Å². The average molecular weight is 225 g/mol. The van der Waals surface area contributed by atoms with Gasteiger partial charge in [0.05, 0.1) is 16.8 Å². The van der Waals surface area contributed by atoms with E-state index in [0.29, 0.717) is 5.02 Å². The van der Waals surface area contributed by atoms with Gasteiger partial charge >= 0.3 is 0 Å². The van der Waals surface area contributed by atoms with Gasteiger partial charge in [0, 0.05) is 6.20 Å². The average Bonchev–Trinajstić information content (AvgIpc) is 2.17. The van der Waals surface area contributed by atoms with Gasteiger partial charge in [-0.2, -0.15) is 0 Å². The SMILES string of the molecule is CCNC(C=C(C)C)c1ncccc1Cl. The summed E-state index contributed by atoms with van der Waals surface area (Å²) in [6.07, 6.45) is 3.90. The van der Waals surface area contributed by atoms with Crippen LogP contribution in [-0.4, -0.2) is 11.5 Å². The summed E-state index contributed by atoms with van der Waals surface area (Å²) in [5.74, 6) is 0. The van der Waals surface area contributed by atoms with Crippen molar-refractivity contribution in [1.82, 2.24) is 10.3 Å². The van der Waals surface area contributed by atoms with Gasteiger partial charge in [-0.1, -0.05) is 30.2 Å². The summed E-state index contributed by atoms with van der Waals surface area (Å²) in [6.45, 7) is 7.10. The number of halogens is 1. The van der Waals surface area contributed by atoms with Crippen LogP contribution in [0, 0.1) is 0 Å². The summed E-state index contributed by atoms with van der Waals surface area (Å²) in [4.78, 5) is 4.31. The van der Waals surface area contributed by atoms with Gasteiger partial charge < -0.3 is 5.32 Å². The summed E-state index contributed by atoms with van der Waals surface area (Å²) in [6, 6.07) is 3.82. The van der Waals surface area contributed by atoms with E-state index in [-0.39, 0.29) is 6.04 Å². The Bertz CT molecular complexity index is 343. The highest BCUT2D eigenvalue weighted by Crippen LogP contribution is 2.21. The number of nitrogens with one attached hydrogen (secondary N) is 1. The van der Waals surface area contributed by atoms with Crippen LogP contribution < -0.4 is 5.32 Å². The molecule has 0 aliphatic rings. The normalized spacial score (nSPS) is 12.3. The molecule has 0 fully saturated rings. The molecule has 15 heavy (non-hydrogen) atoms. The van der Waals surface area contributed by atoms with Crippen molar-refractivity contribution in [2.24, 2.45) is 0 Å². The van der Waals surface area contributed by atoms with Crippen molar-refractivity contribution in [2.45, 2.75) is 26.8 Å². The lowest BCUT2D eigenvalue weighted by Gasteiger charge is -2.15. The highest BCUT2D eigenvalue weighted by molar-refractivity contribution is 6.31. The van der Waals surface area contributed by atoms with E-state index in [0.717, 1.165) is 12.2 Å². The minimum atomic E-state index is 0.105. The van der Waals surface area contributed by atoms with Crippen LogP contribution in [0.4, 0.5) is 0 Å². The second-order valence-corrected chi connectivity index (χ2v) is 4.06. The zero-order valence-electron chi connectivity index (χ0n) is 9.42. The van der Waals surface area contributed by atoms with E-state index in [1.54, 1.807) is 6.20 Å². The number of likely N-dealkylation sites (N-methyl/N-ethyl adjacent to an activating group) is 1. The molecule has 1 N–H and O–H groups in total. The minimum absolute atomic E-state index is 0.105. The first-order valence-corrected chi connectivity index (χ1v) is 5.51. The van der Waals surface area contributed by atoms with Gasteiger partial charge in [-0.15, -0.1) is 0 Å². The molecule has 0 saturated heterocycles. The maximum Gasteiger partial charge on any atom is 0.0798 e. The molecular formula is C12H17ClN2. The molecule has 0 spiro atoms. The van der Waals surface area contributed by atoms with E-state index >= 15 is 0 Å². The fraction of sp³-hybridized carbons (Fsp3) is 0.417. The Labute approximate surface area is 96.4 Å². The third-order valence-corrected chi connectivity index (χ3v) is 2.33. The molecule has 0 aliphatic heterocycles. The van der Waals surface area contributed by atoms with Crippen molar-refractivity contribution in [3.63, 3.8) is 0 Å². The van der Waals surface area contributed by atoms with Crippen molar-refractivity contribution in [3.8, 4) is 0 Å². The van der Waals surface area contributed by atoms with Crippen molar-refractivity contribution >= 4 is 11.6 Å². The highest BCUT2D eigenvalue weighted by atomic mass is 35.5. The molecular weight excluding hydrogens is 208 g/mol. The Morgan fingerprint density at radius 2 is 2.33 bits per heavy atom. The Balaban J connectivity index is 2.99. The predicted molar refractivity (Wildman–Crippen MR) is 65.1 cm³/mol. The number of hydrogen-bond donors (Lipinski definition) is 1. The molecule has 0 bridgehead atoms. The van der Waals surface area contributed by atoms with Gasteiger partial charge in [-0.3, -0.25) is 4.98 Å². The quantitative estimate of drug-likeness (QED) is 0.794. The molecule has 1 rings (SSSR count). The molecule has 82 valence electrons. The van der Waals surface area contributed by atoms with Crippen LogP contribution in [0.15, 0.2) is 30.0 Å². The zero-order valence-corrected chi connectivity index (χ0v) is 10.2. The number of aromatic nitrogens is 1. The number of rotatable bonds is 4. The molecule has 1 aromatic rings. The Morgan fingerprint density at radius 1 is 1.60 bits per heavy atom. The van der Waals surface area contributed by atoms with Gasteiger partial charge in [0.25, 0.3) is 0 Å². The smallest absolute Gasteiger partial charge is 0.0798 e. The summed E-state index contributed by atoms with van der Waals surface area (Å²) < 4.78 is 0. The lowest BCUT2D eigenvalue weighted by Crippen LogP contribution is -2.20. The summed E-state index contributed by atoms with van der Waals surface area (Å²) in [5.41, 5.74) is 2.14. The van der Waals surface area contributed by atoms with Gasteiger partial charge in [0.2, 0.25) is 0 Å². The first kappa shape index (κ1) is 12.2. The largest absolute Gasteiger partial charge is 0.306 e. The molecule has 1 unspecified atom stereocenters. The molecule has 2 nitrogen and oxygen atoms in total. The van der Waals surface area contributed by atoms with Crippen molar-refractivity contribution in [1.29, 1.82) is 0 Å². The number of hydrogen-bond acceptors (Lipinski definition) is 2. The molecule has 0 amide bonds. The molecule has 0 aliphatic carbocycles. The minimum Gasteiger partial charge on any atom is -0.306 e. The molecule has 0 aromatic carbocycles. The maximum atomic E-state index is 6.11. The van der Waals surface area contributed by atoms with Crippen LogP contribution in [0.5, 0.6) is 0 Å². The molecule has 1 aromatic heterocycles. The Kier molecular flexibility index (Phi) is 4.79. The van der Waals surface area contributed by atoms with E-state index < -0.39 is 0 Å². The molecule has 0 saturated carbocycles. The second kappa shape index (κ2) is 5.89. The van der Waals surface area contributed by atoms with Crippen molar-refractivity contribution in [3.05, 3.63) is 40.7 Å². The fourth-order valence-electron chi connectivity index (χ4n) is 1.41. The van der Waals surface area contributed by atoms with Gasteiger partial charge in [0.1, 0.15) is 0 Å². The first-order chi connectivity index (χ1) is 7.15. The zero-order chi connectivity index (χ0) is 11.3. The van der Waals surface area contributed by atoms with Gasteiger partial charge in [-0.05, 0) is 32.5 Å². The monoisotopic (exact) mass is 224 g/mol. The summed E-state index contributed by atoms with van der Waals surface area (Å²) in [5, 5.41) is 4.06. The maximum absolute atomic E-state index is 6.11. The first-order valence-electron chi connectivity index (χ1n) is 5.14. The number of pyridine rings is 1. The number of nitrogens with zero attached hydrogens (tertiary/aromatic N) is 1. The molecule has 0 radical (unpaired) electrons. The predicted octanol–water partition coefficient (Wildman–Crippen LogP) is 3.35. The second-order valence-electron chi connectivity index (χ2n) is 3.65. The standard InChI is InChI=1S/C12H17ClN2/c1-4-14-11(8-9(2)3)12-10(13)6-5-7-15-12/h5-8,11,14H,4H2,1-3H3. The summed E-state index contributed by atoms with van der Waals surface area (Å²) >= 11 is 6.11. The lowest BCUT2D eigenvalue weighted by molar-refractivity contribution is 0.629. The Morgan fingerprint density at radius 3 is 2.87 bits per heavy atom. The van der Waals surface area contributed by atoms with Crippen LogP contribution in [0.2, 0.25) is 5.02 Å². The number of allylic oxidation sites excluding steroid dienone is 1. The lowest BCUT2D eigenvalue weighted by atomic mass is 10.1. The third kappa shape index (κ3) is 3.65. The topological polar surface area (TPSA) is 24.9 Å². The van der Waals surface area contributed by atoms with Crippen molar-refractivity contribution in [2.75, 3.05) is 6.54 Å². The highest BCUT2D eigenvalue weighted by Gasteiger charge is 2.11. The van der Waals surface area contributed by atoms with Crippen LogP contribution in [0.25, 0.3) is 0 Å². The Hall–Kier alpha value is -0.860. The van der Waals surface area contributed by atoms with Crippen molar-refractivity contribution < 1.29 is 0 Å². The third-order valence-electron chi connectivity index (χ3n) is 2.01. The van der Waals surface area contributed by atoms with Crippen LogP contribution in [-0.2, 0) is 0 Å². The molecule has 1 atom stereocenters. The van der Waals surface area contributed by atoms with E-state index in [4.69, 9.17) is 11.6 Å². The van der Waals surface area contributed by atoms with E-state index in [2.05, 4.69) is 37.1 Å². The van der Waals surface area contributed by atoms with Crippen LogP contribution >= 0.6 is 11.6 Å². The van der Waals surface area contributed by atoms with Crippen LogP contribution in [0.1, 0.15) is 32.5 Å². The molecule has 1 heterocycles. The molecule has 3 heteroatoms.